The van der Waals surface area contributed by atoms with Gasteiger partial charge < -0.3 is 19.2 Å². The number of carboxylic acids is 1. The summed E-state index contributed by atoms with van der Waals surface area (Å²) in [5.74, 6) is -0.492. The van der Waals surface area contributed by atoms with Crippen molar-refractivity contribution in [3.63, 3.8) is 0 Å². The standard InChI is InChI=1S/C29H33NO5/c1-17(2)30(28(31)19-9-7-18(3)8-10-19)24-15-22-21-14-20(25-6-4-5-13-34-25)11-12-26(21)35-27(22)16-23(24)29(32)33/h4-5,11-12,14-19,25H,6-10,13H2,1-3H3,(H,32,33). The zero-order valence-corrected chi connectivity index (χ0v) is 20.6. The van der Waals surface area contributed by atoms with E-state index in [1.165, 1.54) is 0 Å². The molecule has 0 radical (unpaired) electrons. The summed E-state index contributed by atoms with van der Waals surface area (Å²) < 4.78 is 12.0. The van der Waals surface area contributed by atoms with Gasteiger partial charge in [-0.15, -0.1) is 0 Å². The minimum Gasteiger partial charge on any atom is -0.478 e. The molecular formula is C29H33NO5. The van der Waals surface area contributed by atoms with Crippen molar-refractivity contribution in [3.05, 3.63) is 53.6 Å². The van der Waals surface area contributed by atoms with E-state index in [9.17, 15) is 14.7 Å². The maximum atomic E-state index is 13.7. The molecule has 0 bridgehead atoms. The Labute approximate surface area is 205 Å². The van der Waals surface area contributed by atoms with Crippen LogP contribution in [0.15, 0.2) is 46.9 Å². The lowest BCUT2D eigenvalue weighted by Crippen LogP contribution is -2.42. The number of fused-ring (bicyclic) bond motifs is 3. The molecule has 1 atom stereocenters. The van der Waals surface area contributed by atoms with Crippen LogP contribution in [-0.2, 0) is 9.53 Å². The lowest BCUT2D eigenvalue weighted by Gasteiger charge is -2.34. The van der Waals surface area contributed by atoms with E-state index in [0.29, 0.717) is 29.4 Å². The van der Waals surface area contributed by atoms with Crippen LogP contribution in [0.25, 0.3) is 21.9 Å². The fraction of sp³-hybridized carbons (Fsp3) is 0.448. The molecular weight excluding hydrogens is 442 g/mol. The molecule has 5 rings (SSSR count). The molecule has 1 saturated carbocycles. The average molecular weight is 476 g/mol. The van der Waals surface area contributed by atoms with Gasteiger partial charge >= 0.3 is 5.97 Å². The molecule has 2 heterocycles. The third-order valence-electron chi connectivity index (χ3n) is 7.50. The second kappa shape index (κ2) is 9.50. The lowest BCUT2D eigenvalue weighted by molar-refractivity contribution is -0.123. The van der Waals surface area contributed by atoms with Gasteiger partial charge in [0, 0.05) is 22.7 Å². The van der Waals surface area contributed by atoms with Crippen LogP contribution in [0.5, 0.6) is 0 Å². The van der Waals surface area contributed by atoms with Gasteiger partial charge in [0.1, 0.15) is 11.2 Å². The van der Waals surface area contributed by atoms with Gasteiger partial charge in [-0.05, 0) is 81.7 Å². The van der Waals surface area contributed by atoms with Crippen molar-refractivity contribution in [1.82, 2.24) is 0 Å². The molecule has 1 aliphatic heterocycles. The molecule has 3 aromatic rings. The molecule has 6 nitrogen and oxygen atoms in total. The Bertz CT molecular complexity index is 1300. The summed E-state index contributed by atoms with van der Waals surface area (Å²) in [6.07, 6.45) is 8.69. The number of furan rings is 1. The van der Waals surface area contributed by atoms with E-state index in [1.807, 2.05) is 38.1 Å². The number of hydrogen-bond donors (Lipinski definition) is 1. The number of aromatic carboxylic acids is 1. The van der Waals surface area contributed by atoms with Gasteiger partial charge in [-0.1, -0.05) is 25.1 Å². The predicted molar refractivity (Wildman–Crippen MR) is 137 cm³/mol. The van der Waals surface area contributed by atoms with Gasteiger partial charge in [-0.3, -0.25) is 4.79 Å². The molecule has 1 amide bonds. The first kappa shape index (κ1) is 23.6. The summed E-state index contributed by atoms with van der Waals surface area (Å²) in [7, 11) is 0. The Morgan fingerprint density at radius 3 is 2.40 bits per heavy atom. The summed E-state index contributed by atoms with van der Waals surface area (Å²) in [6.45, 7) is 6.70. The SMILES string of the molecule is CC1CCC(C(=O)N(c2cc3c(cc2C(=O)O)oc2ccc(C4CC=CCO4)cc23)C(C)C)CC1. The molecule has 1 fully saturated rings. The molecule has 35 heavy (non-hydrogen) atoms. The van der Waals surface area contributed by atoms with E-state index in [0.717, 1.165) is 48.4 Å². The summed E-state index contributed by atoms with van der Waals surface area (Å²) in [5.41, 5.74) is 2.77. The van der Waals surface area contributed by atoms with Crippen LogP contribution in [0.3, 0.4) is 0 Å². The Hall–Kier alpha value is -3.12. The summed E-state index contributed by atoms with van der Waals surface area (Å²) >= 11 is 0. The zero-order chi connectivity index (χ0) is 24.7. The van der Waals surface area contributed by atoms with Gasteiger partial charge in [0.2, 0.25) is 5.91 Å². The number of amides is 1. The van der Waals surface area contributed by atoms with Crippen molar-refractivity contribution in [2.75, 3.05) is 11.5 Å². The third kappa shape index (κ3) is 4.47. The lowest BCUT2D eigenvalue weighted by atomic mass is 9.82. The highest BCUT2D eigenvalue weighted by Crippen LogP contribution is 2.39. The van der Waals surface area contributed by atoms with Crippen LogP contribution >= 0.6 is 0 Å². The minimum absolute atomic E-state index is 0.0182. The van der Waals surface area contributed by atoms with E-state index in [-0.39, 0.29) is 29.5 Å². The third-order valence-corrected chi connectivity index (χ3v) is 7.50. The normalized spacial score (nSPS) is 22.7. The first-order valence-corrected chi connectivity index (χ1v) is 12.7. The Kier molecular flexibility index (Phi) is 6.41. The molecule has 1 aliphatic carbocycles. The topological polar surface area (TPSA) is 80.0 Å². The van der Waals surface area contributed by atoms with Crippen LogP contribution in [0.1, 0.15) is 74.9 Å². The number of carbonyl (C=O) groups is 2. The van der Waals surface area contributed by atoms with Crippen LogP contribution in [0.2, 0.25) is 0 Å². The summed E-state index contributed by atoms with van der Waals surface area (Å²) in [4.78, 5) is 27.7. The molecule has 1 N–H and O–H groups in total. The van der Waals surface area contributed by atoms with Crippen LogP contribution in [0, 0.1) is 11.8 Å². The van der Waals surface area contributed by atoms with Gasteiger partial charge in [-0.2, -0.15) is 0 Å². The van der Waals surface area contributed by atoms with Gasteiger partial charge in [0.15, 0.2) is 0 Å². The largest absolute Gasteiger partial charge is 0.478 e. The maximum Gasteiger partial charge on any atom is 0.337 e. The minimum atomic E-state index is -1.07. The number of carbonyl (C=O) groups excluding carboxylic acids is 1. The predicted octanol–water partition coefficient (Wildman–Crippen LogP) is 6.87. The first-order valence-electron chi connectivity index (χ1n) is 12.7. The molecule has 1 aromatic heterocycles. The monoisotopic (exact) mass is 475 g/mol. The fourth-order valence-corrected chi connectivity index (χ4v) is 5.51. The molecule has 6 heteroatoms. The molecule has 2 aromatic carbocycles. The highest BCUT2D eigenvalue weighted by molar-refractivity contribution is 6.12. The van der Waals surface area contributed by atoms with Crippen molar-refractivity contribution in [1.29, 1.82) is 0 Å². The van der Waals surface area contributed by atoms with Crippen molar-refractivity contribution in [2.24, 2.45) is 11.8 Å². The molecule has 184 valence electrons. The Morgan fingerprint density at radius 2 is 1.74 bits per heavy atom. The zero-order valence-electron chi connectivity index (χ0n) is 20.6. The van der Waals surface area contributed by atoms with E-state index < -0.39 is 5.97 Å². The highest BCUT2D eigenvalue weighted by Gasteiger charge is 2.33. The Morgan fingerprint density at radius 1 is 1.00 bits per heavy atom. The second-order valence-corrected chi connectivity index (χ2v) is 10.3. The van der Waals surface area contributed by atoms with Crippen molar-refractivity contribution in [3.8, 4) is 0 Å². The van der Waals surface area contributed by atoms with Gasteiger partial charge in [0.25, 0.3) is 0 Å². The number of hydrogen-bond acceptors (Lipinski definition) is 4. The number of ether oxygens (including phenoxy) is 1. The molecule has 0 spiro atoms. The molecule has 1 unspecified atom stereocenters. The van der Waals surface area contributed by atoms with Gasteiger partial charge in [-0.25, -0.2) is 4.79 Å². The quantitative estimate of drug-likeness (QED) is 0.407. The highest BCUT2D eigenvalue weighted by atomic mass is 16.5. The fourth-order valence-electron chi connectivity index (χ4n) is 5.51. The number of benzene rings is 2. The van der Waals surface area contributed by atoms with Crippen LogP contribution < -0.4 is 4.90 Å². The molecule has 0 saturated heterocycles. The summed E-state index contributed by atoms with van der Waals surface area (Å²) in [5, 5.41) is 11.8. The van der Waals surface area contributed by atoms with E-state index in [4.69, 9.17) is 9.15 Å². The number of carboxylic acid groups (broad SMARTS) is 1. The van der Waals surface area contributed by atoms with E-state index in [1.54, 1.807) is 11.0 Å². The number of rotatable bonds is 5. The van der Waals surface area contributed by atoms with E-state index >= 15 is 0 Å². The Balaban J connectivity index is 1.62. The summed E-state index contributed by atoms with van der Waals surface area (Å²) in [6, 6.07) is 9.22. The average Bonchev–Trinajstić information content (AvgIpc) is 3.21. The van der Waals surface area contributed by atoms with E-state index in [2.05, 4.69) is 19.1 Å². The smallest absolute Gasteiger partial charge is 0.337 e. The van der Waals surface area contributed by atoms with Crippen molar-refractivity contribution < 1.29 is 23.8 Å². The second-order valence-electron chi connectivity index (χ2n) is 10.3. The van der Waals surface area contributed by atoms with Crippen molar-refractivity contribution in [2.45, 2.75) is 65.0 Å². The maximum absolute atomic E-state index is 13.7. The van der Waals surface area contributed by atoms with Crippen LogP contribution in [-0.4, -0.2) is 29.6 Å². The number of nitrogens with zero attached hydrogens (tertiary/aromatic N) is 1. The molecule has 2 aliphatic rings. The first-order chi connectivity index (χ1) is 16.8. The van der Waals surface area contributed by atoms with Crippen LogP contribution in [0.4, 0.5) is 5.69 Å². The number of anilines is 1. The van der Waals surface area contributed by atoms with Crippen molar-refractivity contribution >= 4 is 39.5 Å². The van der Waals surface area contributed by atoms with Gasteiger partial charge in [0.05, 0.1) is 24.0 Å².